The number of halogens is 2. The zero-order valence-corrected chi connectivity index (χ0v) is 12.1. The predicted molar refractivity (Wildman–Crippen MR) is 72.7 cm³/mol. The van der Waals surface area contributed by atoms with E-state index in [0.29, 0.717) is 13.1 Å². The normalized spacial score (nSPS) is 10.3. The zero-order chi connectivity index (χ0) is 13.0. The van der Waals surface area contributed by atoms with Crippen molar-refractivity contribution in [2.75, 3.05) is 13.2 Å². The van der Waals surface area contributed by atoms with Crippen LogP contribution in [0.5, 0.6) is 0 Å². The molecule has 2 N–H and O–H groups in total. The first-order chi connectivity index (χ1) is 8.70. The topological polar surface area (TPSA) is 45.4 Å². The molecule has 5 heteroatoms. The van der Waals surface area contributed by atoms with Gasteiger partial charge in [0.15, 0.2) is 0 Å². The van der Waals surface area contributed by atoms with Gasteiger partial charge in [-0.1, -0.05) is 23.7 Å². The molecule has 0 atom stereocenters. The summed E-state index contributed by atoms with van der Waals surface area (Å²) in [7, 11) is 0. The molecule has 19 heavy (non-hydrogen) atoms. The van der Waals surface area contributed by atoms with Crippen LogP contribution in [0.4, 0.5) is 0 Å². The Morgan fingerprint density at radius 3 is 2.74 bits per heavy atom. The van der Waals surface area contributed by atoms with Crippen molar-refractivity contribution >= 4 is 11.6 Å². The summed E-state index contributed by atoms with van der Waals surface area (Å²) in [6, 6.07) is 9.72. The first-order valence-electron chi connectivity index (χ1n) is 5.87. The highest BCUT2D eigenvalue weighted by atomic mass is 35.5. The molecule has 0 radical (unpaired) electrons. The smallest absolute Gasteiger partial charge is 0.134 e. The maximum absolute atomic E-state index is 8.68. The van der Waals surface area contributed by atoms with Crippen LogP contribution >= 0.6 is 11.6 Å². The fourth-order valence-corrected chi connectivity index (χ4v) is 1.85. The molecule has 1 heterocycles. The molecule has 0 saturated carbocycles. The molecule has 0 fully saturated rings. The predicted octanol–water partition coefficient (Wildman–Crippen LogP) is -0.00568. The summed E-state index contributed by atoms with van der Waals surface area (Å²) in [6.07, 6.45) is 0. The summed E-state index contributed by atoms with van der Waals surface area (Å²) in [5.41, 5.74) is 2.02. The highest BCUT2D eigenvalue weighted by Crippen LogP contribution is 2.26. The van der Waals surface area contributed by atoms with Gasteiger partial charge in [0.05, 0.1) is 13.2 Å². The van der Waals surface area contributed by atoms with Crippen LogP contribution in [0.2, 0.25) is 5.02 Å². The molecule has 3 nitrogen and oxygen atoms in total. The number of aliphatic hydroxyl groups is 1. The first kappa shape index (κ1) is 16.1. The minimum atomic E-state index is 0. The Morgan fingerprint density at radius 2 is 2.05 bits per heavy atom. The molecule has 0 spiro atoms. The van der Waals surface area contributed by atoms with E-state index in [0.717, 1.165) is 27.7 Å². The standard InChI is InChI=1S/C14H16ClNO2.ClH/c1-10-2-3-11(8-13(10)15)14-5-4-12(18-14)9-16-6-7-17;/h2-5,8,16-17H,6-7,9H2,1H3;1H/p-1. The van der Waals surface area contributed by atoms with E-state index in [9.17, 15) is 0 Å². The van der Waals surface area contributed by atoms with Gasteiger partial charge in [-0.05, 0) is 30.7 Å². The van der Waals surface area contributed by atoms with E-state index in [1.807, 2.05) is 37.3 Å². The summed E-state index contributed by atoms with van der Waals surface area (Å²) >= 11 is 6.09. The van der Waals surface area contributed by atoms with Crippen LogP contribution in [0.25, 0.3) is 11.3 Å². The molecule has 2 rings (SSSR count). The van der Waals surface area contributed by atoms with Crippen molar-refractivity contribution < 1.29 is 21.9 Å². The second kappa shape index (κ2) is 7.56. The van der Waals surface area contributed by atoms with E-state index >= 15 is 0 Å². The number of hydrogen-bond donors (Lipinski definition) is 2. The lowest BCUT2D eigenvalue weighted by atomic mass is 10.1. The van der Waals surface area contributed by atoms with E-state index < -0.39 is 0 Å². The van der Waals surface area contributed by atoms with Crippen molar-refractivity contribution in [2.24, 2.45) is 0 Å². The van der Waals surface area contributed by atoms with Gasteiger partial charge >= 0.3 is 0 Å². The summed E-state index contributed by atoms with van der Waals surface area (Å²) in [4.78, 5) is 0. The number of aryl methyl sites for hydroxylation is 1. The fourth-order valence-electron chi connectivity index (χ4n) is 1.66. The van der Waals surface area contributed by atoms with Crippen LogP contribution in [-0.4, -0.2) is 18.3 Å². The summed E-state index contributed by atoms with van der Waals surface area (Å²) in [6.45, 7) is 3.27. The maximum atomic E-state index is 8.68. The van der Waals surface area contributed by atoms with Crippen LogP contribution in [-0.2, 0) is 6.54 Å². The van der Waals surface area contributed by atoms with Gasteiger partial charge in [-0.15, -0.1) is 0 Å². The third-order valence-electron chi connectivity index (χ3n) is 2.71. The highest BCUT2D eigenvalue weighted by molar-refractivity contribution is 6.31. The van der Waals surface area contributed by atoms with Gasteiger partial charge in [0.25, 0.3) is 0 Å². The number of hydrogen-bond acceptors (Lipinski definition) is 3. The van der Waals surface area contributed by atoms with Gasteiger partial charge in [-0.2, -0.15) is 0 Å². The zero-order valence-electron chi connectivity index (χ0n) is 10.6. The monoisotopic (exact) mass is 300 g/mol. The summed E-state index contributed by atoms with van der Waals surface area (Å²) in [5, 5.41) is 12.5. The highest BCUT2D eigenvalue weighted by Gasteiger charge is 2.06. The lowest BCUT2D eigenvalue weighted by molar-refractivity contribution is -0.00000530. The molecular formula is C14H16Cl2NO2-. The third-order valence-corrected chi connectivity index (χ3v) is 3.11. The molecule has 1 aromatic heterocycles. The number of nitrogens with one attached hydrogen (secondary N) is 1. The molecule has 2 aromatic rings. The van der Waals surface area contributed by atoms with Crippen molar-refractivity contribution in [3.63, 3.8) is 0 Å². The van der Waals surface area contributed by atoms with Crippen molar-refractivity contribution in [1.82, 2.24) is 5.32 Å². The molecule has 104 valence electrons. The molecule has 0 aliphatic rings. The Balaban J connectivity index is 0.00000180. The number of rotatable bonds is 5. The molecule has 0 saturated heterocycles. The first-order valence-corrected chi connectivity index (χ1v) is 6.25. The van der Waals surface area contributed by atoms with Crippen LogP contribution < -0.4 is 17.7 Å². The molecular weight excluding hydrogens is 285 g/mol. The second-order valence-corrected chi connectivity index (χ2v) is 4.54. The van der Waals surface area contributed by atoms with Crippen LogP contribution in [0.3, 0.4) is 0 Å². The Kier molecular flexibility index (Phi) is 6.38. The molecule has 0 aliphatic carbocycles. The van der Waals surface area contributed by atoms with Crippen molar-refractivity contribution in [1.29, 1.82) is 0 Å². The number of benzene rings is 1. The van der Waals surface area contributed by atoms with E-state index in [-0.39, 0.29) is 19.0 Å². The summed E-state index contributed by atoms with van der Waals surface area (Å²) < 4.78 is 5.71. The Labute approximate surface area is 124 Å². The minimum Gasteiger partial charge on any atom is -1.00 e. The van der Waals surface area contributed by atoms with Gasteiger partial charge in [-0.3, -0.25) is 0 Å². The quantitative estimate of drug-likeness (QED) is 0.764. The SMILES string of the molecule is Cc1ccc(-c2ccc(CNCCO)o2)cc1Cl.[Cl-]. The van der Waals surface area contributed by atoms with Crippen molar-refractivity contribution in [3.8, 4) is 11.3 Å². The van der Waals surface area contributed by atoms with E-state index in [1.165, 1.54) is 0 Å². The number of furan rings is 1. The van der Waals surface area contributed by atoms with Gasteiger partial charge in [0.2, 0.25) is 0 Å². The molecule has 0 bridgehead atoms. The van der Waals surface area contributed by atoms with Crippen LogP contribution in [0.15, 0.2) is 34.7 Å². The Hall–Kier alpha value is -1.00. The summed E-state index contributed by atoms with van der Waals surface area (Å²) in [5.74, 6) is 1.65. The van der Waals surface area contributed by atoms with E-state index in [4.69, 9.17) is 21.1 Å². The molecule has 1 aromatic carbocycles. The van der Waals surface area contributed by atoms with Crippen molar-refractivity contribution in [3.05, 3.63) is 46.7 Å². The third kappa shape index (κ3) is 4.25. The molecule has 0 aliphatic heterocycles. The number of aliphatic hydroxyl groups excluding tert-OH is 1. The Bertz CT molecular complexity index is 526. The lowest BCUT2D eigenvalue weighted by Gasteiger charge is -2.02. The second-order valence-electron chi connectivity index (χ2n) is 4.13. The average molecular weight is 301 g/mol. The van der Waals surface area contributed by atoms with Crippen LogP contribution in [0, 0.1) is 6.92 Å². The van der Waals surface area contributed by atoms with Crippen LogP contribution in [0.1, 0.15) is 11.3 Å². The van der Waals surface area contributed by atoms with Gasteiger partial charge in [0, 0.05) is 17.1 Å². The molecule has 0 amide bonds. The largest absolute Gasteiger partial charge is 1.00 e. The molecule has 0 unspecified atom stereocenters. The van der Waals surface area contributed by atoms with Crippen molar-refractivity contribution in [2.45, 2.75) is 13.5 Å². The van der Waals surface area contributed by atoms with Gasteiger partial charge in [0.1, 0.15) is 11.5 Å². The Morgan fingerprint density at radius 1 is 1.26 bits per heavy atom. The minimum absolute atomic E-state index is 0. The van der Waals surface area contributed by atoms with Gasteiger partial charge < -0.3 is 27.2 Å². The van der Waals surface area contributed by atoms with E-state index in [2.05, 4.69) is 5.32 Å². The fraction of sp³-hybridized carbons (Fsp3) is 0.286. The average Bonchev–Trinajstić information content (AvgIpc) is 2.82. The lowest BCUT2D eigenvalue weighted by Crippen LogP contribution is -3.00. The van der Waals surface area contributed by atoms with E-state index in [1.54, 1.807) is 0 Å². The maximum Gasteiger partial charge on any atom is 0.134 e. The van der Waals surface area contributed by atoms with Gasteiger partial charge in [-0.25, -0.2) is 0 Å².